The third-order valence-corrected chi connectivity index (χ3v) is 2.99. The summed E-state index contributed by atoms with van der Waals surface area (Å²) in [5.74, 6) is 1.06. The Hall–Kier alpha value is -0.430. The van der Waals surface area contributed by atoms with Crippen LogP contribution < -0.4 is 0 Å². The molecule has 0 heterocycles. The van der Waals surface area contributed by atoms with Crippen molar-refractivity contribution in [1.82, 2.24) is 0 Å². The second-order valence-corrected chi connectivity index (χ2v) is 4.27. The Balaban J connectivity index is 2.19. The van der Waals surface area contributed by atoms with Crippen LogP contribution in [0, 0.1) is 11.8 Å². The van der Waals surface area contributed by atoms with E-state index in [0.717, 1.165) is 0 Å². The molecule has 0 fully saturated rings. The van der Waals surface area contributed by atoms with E-state index in [1.165, 1.54) is 9.75 Å². The second kappa shape index (κ2) is 4.88. The van der Waals surface area contributed by atoms with Crippen molar-refractivity contribution in [2.24, 2.45) is 11.8 Å². The molecule has 0 amide bonds. The molecule has 2 aliphatic rings. The van der Waals surface area contributed by atoms with E-state index < -0.39 is 0 Å². The quantitative estimate of drug-likeness (QED) is 0.632. The number of hydrogen-bond acceptors (Lipinski definition) is 0. The van der Waals surface area contributed by atoms with Crippen LogP contribution >= 0.6 is 0 Å². The molecule has 0 aliphatic heterocycles. The van der Waals surface area contributed by atoms with Gasteiger partial charge in [0, 0.05) is 0 Å². The predicted octanol–water partition coefficient (Wildman–Crippen LogP) is 3.36. The van der Waals surface area contributed by atoms with E-state index in [1.807, 2.05) is 0 Å². The fourth-order valence-electron chi connectivity index (χ4n) is 1.94. The van der Waals surface area contributed by atoms with Crippen LogP contribution in [0.25, 0.3) is 0 Å². The molecule has 2 aliphatic carbocycles. The van der Waals surface area contributed by atoms with Crippen LogP contribution in [0.3, 0.4) is 0 Å². The van der Waals surface area contributed by atoms with Gasteiger partial charge in [0.2, 0.25) is 0 Å². The van der Waals surface area contributed by atoms with Crippen LogP contribution in [0.15, 0.2) is 60.3 Å². The predicted molar refractivity (Wildman–Crippen MR) is 56.4 cm³/mol. The molecule has 0 radical (unpaired) electrons. The van der Waals surface area contributed by atoms with Crippen molar-refractivity contribution in [3.05, 3.63) is 60.3 Å². The van der Waals surface area contributed by atoms with Crippen molar-refractivity contribution < 1.29 is 24.4 Å². The van der Waals surface area contributed by atoms with Gasteiger partial charge >= 0.3 is 101 Å². The van der Waals surface area contributed by atoms with Crippen molar-refractivity contribution >= 4 is 0 Å². The Labute approximate surface area is 100 Å². The first kappa shape index (κ1) is 10.1. The molecule has 0 saturated heterocycles. The normalized spacial score (nSPS) is 19.6. The fraction of sp³-hybridized carbons (Fsp3) is 0.231. The average molecular weight is 214 g/mol. The van der Waals surface area contributed by atoms with E-state index in [4.69, 9.17) is 0 Å². The van der Waals surface area contributed by atoms with Gasteiger partial charge in [-0.1, -0.05) is 0 Å². The van der Waals surface area contributed by atoms with E-state index in [9.17, 15) is 0 Å². The van der Waals surface area contributed by atoms with E-state index >= 15 is 0 Å². The zero-order chi connectivity index (χ0) is 9.80. The number of allylic oxidation sites excluding steroid dienone is 10. The van der Waals surface area contributed by atoms with Crippen molar-refractivity contribution in [2.75, 3.05) is 0 Å². The zero-order valence-corrected chi connectivity index (χ0v) is 9.94. The fourth-order valence-corrected chi connectivity index (χ4v) is 2.36. The first-order valence-corrected chi connectivity index (χ1v) is 6.29. The molecule has 0 saturated carbocycles. The SMILES string of the molecule is [Sc][CH2]C=C(C1C=CC=C1)C1C=CC=C1. The average Bonchev–Trinajstić information content (AvgIpc) is 2.87. The van der Waals surface area contributed by atoms with Crippen molar-refractivity contribution in [3.63, 3.8) is 0 Å². The minimum absolute atomic E-state index is 0.531. The van der Waals surface area contributed by atoms with Gasteiger partial charge in [0.15, 0.2) is 0 Å². The summed E-state index contributed by atoms with van der Waals surface area (Å²) in [4.78, 5) is 0. The van der Waals surface area contributed by atoms with Gasteiger partial charge in [-0.25, -0.2) is 0 Å². The molecule has 0 aromatic rings. The maximum absolute atomic E-state index is 2.38. The zero-order valence-electron chi connectivity index (χ0n) is 8.14. The molecule has 2 rings (SSSR count). The Bertz CT molecular complexity index is 288. The summed E-state index contributed by atoms with van der Waals surface area (Å²) in [6, 6.07) is 0. The summed E-state index contributed by atoms with van der Waals surface area (Å²) >= 11 is 1.78. The Morgan fingerprint density at radius 1 is 0.929 bits per heavy atom. The van der Waals surface area contributed by atoms with E-state index in [2.05, 4.69) is 54.7 Å². The molecular formula is C13H13Sc. The van der Waals surface area contributed by atoms with Gasteiger partial charge in [0.05, 0.1) is 0 Å². The third kappa shape index (κ3) is 2.14. The molecule has 0 N–H and O–H groups in total. The van der Waals surface area contributed by atoms with Crippen molar-refractivity contribution in [3.8, 4) is 0 Å². The Kier molecular flexibility index (Phi) is 3.52. The van der Waals surface area contributed by atoms with Crippen LogP contribution in [-0.2, 0) is 24.4 Å². The van der Waals surface area contributed by atoms with E-state index in [1.54, 1.807) is 24.4 Å². The monoisotopic (exact) mass is 214 g/mol. The van der Waals surface area contributed by atoms with Crippen LogP contribution in [0.5, 0.6) is 0 Å². The minimum atomic E-state index is 0.531. The maximum atomic E-state index is 2.38. The summed E-state index contributed by atoms with van der Waals surface area (Å²) in [6.45, 7) is 0. The summed E-state index contributed by atoms with van der Waals surface area (Å²) in [5.41, 5.74) is 1.53. The molecule has 68 valence electrons. The molecule has 0 aromatic carbocycles. The van der Waals surface area contributed by atoms with Gasteiger partial charge in [0.25, 0.3) is 0 Å². The Morgan fingerprint density at radius 3 is 1.71 bits per heavy atom. The summed E-state index contributed by atoms with van der Waals surface area (Å²) in [6.07, 6.45) is 20.0. The molecule has 0 bridgehead atoms. The van der Waals surface area contributed by atoms with Crippen LogP contribution in [0.1, 0.15) is 0 Å². The molecule has 0 atom stereocenters. The van der Waals surface area contributed by atoms with Gasteiger partial charge in [-0.05, 0) is 0 Å². The molecule has 1 heteroatoms. The number of rotatable bonds is 3. The van der Waals surface area contributed by atoms with Gasteiger partial charge in [-0.2, -0.15) is 0 Å². The standard InChI is InChI=1S/C13H13.Sc/c1-2-13(11-7-3-4-8-11)12-9-5-6-10-12;/h2-12H,1H2;. The summed E-state index contributed by atoms with van der Waals surface area (Å²) < 4.78 is 1.18. The molecule has 0 aromatic heterocycles. The molecule has 14 heavy (non-hydrogen) atoms. The van der Waals surface area contributed by atoms with Crippen molar-refractivity contribution in [2.45, 2.75) is 4.18 Å². The van der Waals surface area contributed by atoms with Gasteiger partial charge in [0.1, 0.15) is 0 Å². The van der Waals surface area contributed by atoms with Crippen LogP contribution in [0.2, 0.25) is 4.18 Å². The summed E-state index contributed by atoms with van der Waals surface area (Å²) in [7, 11) is 0. The Morgan fingerprint density at radius 2 is 1.36 bits per heavy atom. The first-order chi connectivity index (χ1) is 6.92. The number of hydrogen-bond donors (Lipinski definition) is 0. The first-order valence-electron chi connectivity index (χ1n) is 5.02. The van der Waals surface area contributed by atoms with Gasteiger partial charge in [-0.15, -0.1) is 0 Å². The van der Waals surface area contributed by atoms with E-state index in [0.29, 0.717) is 11.8 Å². The second-order valence-electron chi connectivity index (χ2n) is 3.53. The van der Waals surface area contributed by atoms with Crippen LogP contribution in [0.4, 0.5) is 0 Å². The van der Waals surface area contributed by atoms with Crippen molar-refractivity contribution in [1.29, 1.82) is 0 Å². The molecular weight excluding hydrogens is 201 g/mol. The third-order valence-electron chi connectivity index (χ3n) is 2.62. The van der Waals surface area contributed by atoms with Crippen LogP contribution in [-0.4, -0.2) is 0 Å². The van der Waals surface area contributed by atoms with Gasteiger partial charge in [-0.3, -0.25) is 0 Å². The topological polar surface area (TPSA) is 0 Å². The summed E-state index contributed by atoms with van der Waals surface area (Å²) in [5, 5.41) is 0. The van der Waals surface area contributed by atoms with E-state index in [-0.39, 0.29) is 0 Å². The molecule has 0 nitrogen and oxygen atoms in total. The molecule has 0 unspecified atom stereocenters. The van der Waals surface area contributed by atoms with Gasteiger partial charge < -0.3 is 0 Å². The molecule has 0 spiro atoms.